The number of carbonyl (C=O) groups excluding carboxylic acids is 2. The van der Waals surface area contributed by atoms with Gasteiger partial charge in [0.05, 0.1) is 7.11 Å². The Morgan fingerprint density at radius 1 is 0.784 bits per heavy atom. The predicted molar refractivity (Wildman–Crippen MR) is 148 cm³/mol. The minimum Gasteiger partial charge on any atom is -0.468 e. The molecular weight excluding hydrogens is 509 g/mol. The van der Waals surface area contributed by atoms with Crippen LogP contribution in [0.5, 0.6) is 0 Å². The molecule has 0 aromatic heterocycles. The molecule has 0 fully saturated rings. The van der Waals surface area contributed by atoms with Crippen LogP contribution in [0, 0.1) is 5.92 Å². The second kappa shape index (κ2) is 14.2. The molecule has 5 nitrogen and oxygen atoms in total. The molecule has 37 heavy (non-hydrogen) atoms. The lowest BCUT2D eigenvalue weighted by Gasteiger charge is -2.24. The van der Waals surface area contributed by atoms with Gasteiger partial charge in [0.15, 0.2) is 0 Å². The molecule has 2 atom stereocenters. The standard InChI is InChI=1S/C30H33Cl2NO4/c1-20(2)12-27(30(35)37-19-21-8-5-4-6-9-21)33-28(29(34)36-3)17-23-11-7-10-22(13-23)14-24-15-25(31)18-26(32)16-24/h4-11,13,15-16,18,20,27-28,33H,12,14,17,19H2,1-3H3/t27-,28-/m0/s1. The lowest BCUT2D eigenvalue weighted by Crippen LogP contribution is -2.49. The van der Waals surface area contributed by atoms with Gasteiger partial charge in [-0.1, -0.05) is 91.6 Å². The number of halogens is 2. The molecule has 196 valence electrons. The van der Waals surface area contributed by atoms with Crippen molar-refractivity contribution in [1.29, 1.82) is 0 Å². The average molecular weight is 543 g/mol. The third-order valence-corrected chi connectivity index (χ3v) is 6.30. The fourth-order valence-electron chi connectivity index (χ4n) is 4.18. The van der Waals surface area contributed by atoms with Gasteiger partial charge in [-0.2, -0.15) is 0 Å². The highest BCUT2D eigenvalue weighted by Crippen LogP contribution is 2.22. The van der Waals surface area contributed by atoms with E-state index < -0.39 is 24.0 Å². The zero-order chi connectivity index (χ0) is 26.8. The van der Waals surface area contributed by atoms with Crippen LogP contribution in [0.3, 0.4) is 0 Å². The van der Waals surface area contributed by atoms with Crippen molar-refractivity contribution < 1.29 is 19.1 Å². The highest BCUT2D eigenvalue weighted by atomic mass is 35.5. The summed E-state index contributed by atoms with van der Waals surface area (Å²) in [4.78, 5) is 25.7. The van der Waals surface area contributed by atoms with Crippen LogP contribution in [-0.2, 0) is 38.5 Å². The molecule has 0 unspecified atom stereocenters. The van der Waals surface area contributed by atoms with Crippen molar-refractivity contribution in [3.63, 3.8) is 0 Å². The molecule has 0 saturated heterocycles. The SMILES string of the molecule is COC(=O)[C@H](Cc1cccc(Cc2cc(Cl)cc(Cl)c2)c1)N[C@@H](CC(C)C)C(=O)OCc1ccccc1. The summed E-state index contributed by atoms with van der Waals surface area (Å²) in [5.74, 6) is -0.609. The number of benzene rings is 3. The molecule has 0 amide bonds. The van der Waals surface area contributed by atoms with E-state index in [1.165, 1.54) is 7.11 Å². The van der Waals surface area contributed by atoms with Gasteiger partial charge in [0.25, 0.3) is 0 Å². The Bertz CT molecular complexity index is 1160. The molecule has 0 radical (unpaired) electrons. The zero-order valence-electron chi connectivity index (χ0n) is 21.4. The maximum atomic E-state index is 13.0. The molecule has 3 aromatic rings. The maximum Gasteiger partial charge on any atom is 0.323 e. The molecule has 3 rings (SSSR count). The number of hydrogen-bond donors (Lipinski definition) is 1. The topological polar surface area (TPSA) is 64.6 Å². The minimum absolute atomic E-state index is 0.175. The van der Waals surface area contributed by atoms with Crippen molar-refractivity contribution in [2.75, 3.05) is 7.11 Å². The molecule has 3 aromatic carbocycles. The Morgan fingerprint density at radius 3 is 2.08 bits per heavy atom. The van der Waals surface area contributed by atoms with E-state index in [4.69, 9.17) is 32.7 Å². The largest absolute Gasteiger partial charge is 0.468 e. The number of carbonyl (C=O) groups is 2. The van der Waals surface area contributed by atoms with Gasteiger partial charge < -0.3 is 9.47 Å². The average Bonchev–Trinajstić information content (AvgIpc) is 2.86. The van der Waals surface area contributed by atoms with E-state index in [1.807, 2.05) is 80.6 Å². The van der Waals surface area contributed by atoms with Crippen molar-refractivity contribution in [3.8, 4) is 0 Å². The van der Waals surface area contributed by atoms with Crippen LogP contribution in [0.25, 0.3) is 0 Å². The van der Waals surface area contributed by atoms with Crippen molar-refractivity contribution in [3.05, 3.63) is 105 Å². The number of nitrogens with one attached hydrogen (secondary N) is 1. The summed E-state index contributed by atoms with van der Waals surface area (Å²) >= 11 is 12.3. The van der Waals surface area contributed by atoms with Gasteiger partial charge in [0.1, 0.15) is 18.7 Å². The molecule has 0 spiro atoms. The third-order valence-electron chi connectivity index (χ3n) is 5.87. The number of rotatable bonds is 12. The molecular formula is C30H33Cl2NO4. The maximum absolute atomic E-state index is 13.0. The highest BCUT2D eigenvalue weighted by molar-refractivity contribution is 6.34. The van der Waals surface area contributed by atoms with Crippen LogP contribution < -0.4 is 5.32 Å². The first-order chi connectivity index (χ1) is 17.7. The van der Waals surface area contributed by atoms with Crippen molar-refractivity contribution >= 4 is 35.1 Å². The van der Waals surface area contributed by atoms with Crippen LogP contribution in [0.4, 0.5) is 0 Å². The fraction of sp³-hybridized carbons (Fsp3) is 0.333. The molecule has 0 bridgehead atoms. The first-order valence-corrected chi connectivity index (χ1v) is 13.1. The molecule has 0 aliphatic carbocycles. The van der Waals surface area contributed by atoms with E-state index in [0.29, 0.717) is 29.3 Å². The predicted octanol–water partition coefficient (Wildman–Crippen LogP) is 6.42. The molecule has 0 heterocycles. The summed E-state index contributed by atoms with van der Waals surface area (Å²) < 4.78 is 10.7. The summed E-state index contributed by atoms with van der Waals surface area (Å²) in [6, 6.07) is 21.6. The van der Waals surface area contributed by atoms with Crippen LogP contribution in [0.2, 0.25) is 10.0 Å². The Balaban J connectivity index is 1.73. The Morgan fingerprint density at radius 2 is 1.43 bits per heavy atom. The van der Waals surface area contributed by atoms with E-state index in [-0.39, 0.29) is 12.5 Å². The monoisotopic (exact) mass is 541 g/mol. The van der Waals surface area contributed by atoms with E-state index >= 15 is 0 Å². The fourth-order valence-corrected chi connectivity index (χ4v) is 4.75. The van der Waals surface area contributed by atoms with Crippen molar-refractivity contribution in [2.24, 2.45) is 5.92 Å². The second-order valence-electron chi connectivity index (χ2n) is 9.50. The number of ether oxygens (including phenoxy) is 2. The van der Waals surface area contributed by atoms with E-state index in [1.54, 1.807) is 6.07 Å². The van der Waals surface area contributed by atoms with Crippen molar-refractivity contribution in [2.45, 2.75) is 51.8 Å². The van der Waals surface area contributed by atoms with Gasteiger partial charge in [-0.05, 0) is 65.6 Å². The third kappa shape index (κ3) is 9.51. The Labute approximate surface area is 229 Å². The van der Waals surface area contributed by atoms with Gasteiger partial charge >= 0.3 is 11.9 Å². The Hall–Kier alpha value is -2.86. The number of esters is 2. The zero-order valence-corrected chi connectivity index (χ0v) is 22.9. The summed E-state index contributed by atoms with van der Waals surface area (Å²) in [5.41, 5.74) is 3.90. The molecule has 0 aliphatic heterocycles. The summed E-state index contributed by atoms with van der Waals surface area (Å²) in [7, 11) is 1.35. The Kier molecular flexibility index (Phi) is 11.0. The minimum atomic E-state index is -0.714. The van der Waals surface area contributed by atoms with E-state index in [9.17, 15) is 9.59 Å². The number of methoxy groups -OCH3 is 1. The van der Waals surface area contributed by atoms with E-state index in [2.05, 4.69) is 5.32 Å². The molecule has 0 saturated carbocycles. The lowest BCUT2D eigenvalue weighted by molar-refractivity contribution is -0.149. The van der Waals surface area contributed by atoms with Gasteiger partial charge in [0, 0.05) is 10.0 Å². The van der Waals surface area contributed by atoms with Crippen LogP contribution in [0.15, 0.2) is 72.8 Å². The summed E-state index contributed by atoms with van der Waals surface area (Å²) in [5, 5.41) is 4.39. The number of hydrogen-bond acceptors (Lipinski definition) is 5. The van der Waals surface area contributed by atoms with E-state index in [0.717, 1.165) is 22.3 Å². The molecule has 7 heteroatoms. The van der Waals surface area contributed by atoms with Gasteiger partial charge in [-0.25, -0.2) is 0 Å². The first-order valence-electron chi connectivity index (χ1n) is 12.3. The molecule has 1 N–H and O–H groups in total. The van der Waals surface area contributed by atoms with Gasteiger partial charge in [-0.15, -0.1) is 0 Å². The highest BCUT2D eigenvalue weighted by Gasteiger charge is 2.29. The van der Waals surface area contributed by atoms with Crippen molar-refractivity contribution in [1.82, 2.24) is 5.32 Å². The van der Waals surface area contributed by atoms with Crippen LogP contribution >= 0.6 is 23.2 Å². The van der Waals surface area contributed by atoms with Crippen LogP contribution in [-0.4, -0.2) is 31.1 Å². The van der Waals surface area contributed by atoms with Gasteiger partial charge in [-0.3, -0.25) is 14.9 Å². The summed E-state index contributed by atoms with van der Waals surface area (Å²) in [6.45, 7) is 4.23. The normalized spacial score (nSPS) is 12.7. The van der Waals surface area contributed by atoms with Gasteiger partial charge in [0.2, 0.25) is 0 Å². The second-order valence-corrected chi connectivity index (χ2v) is 10.4. The smallest absolute Gasteiger partial charge is 0.323 e. The first kappa shape index (κ1) is 28.7. The molecule has 0 aliphatic rings. The summed E-state index contributed by atoms with van der Waals surface area (Å²) in [6.07, 6.45) is 1.53. The van der Waals surface area contributed by atoms with Crippen LogP contribution in [0.1, 0.15) is 42.5 Å². The lowest BCUT2D eigenvalue weighted by atomic mass is 9.98. The quantitative estimate of drug-likeness (QED) is 0.268.